The first-order valence-electron chi connectivity index (χ1n) is 20.3. The van der Waals surface area contributed by atoms with Gasteiger partial charge in [-0.25, -0.2) is 4.98 Å². The van der Waals surface area contributed by atoms with Crippen LogP contribution in [0, 0.1) is 0 Å². The van der Waals surface area contributed by atoms with Gasteiger partial charge in [0.15, 0.2) is 0 Å². The predicted octanol–water partition coefficient (Wildman–Crippen LogP) is 13.3. The molecule has 0 radical (unpaired) electrons. The van der Waals surface area contributed by atoms with Crippen LogP contribution in [0.2, 0.25) is 0 Å². The summed E-state index contributed by atoms with van der Waals surface area (Å²) in [6.45, 7) is 0. The lowest BCUT2D eigenvalue weighted by molar-refractivity contribution is 1.32. The molecule has 1 unspecified atom stereocenters. The van der Waals surface area contributed by atoms with Gasteiger partial charge in [0, 0.05) is 43.7 Å². The number of hydrogen-bond donors (Lipinski definition) is 0. The van der Waals surface area contributed by atoms with Crippen molar-refractivity contribution in [3.8, 4) is 11.1 Å². The van der Waals surface area contributed by atoms with Gasteiger partial charge in [0.1, 0.15) is 5.65 Å². The largest absolute Gasteiger partial charge is 0.304 e. The van der Waals surface area contributed by atoms with Crippen LogP contribution >= 0.6 is 6.19 Å². The molecule has 0 fully saturated rings. The van der Waals surface area contributed by atoms with E-state index in [2.05, 4.69) is 203 Å². The highest BCUT2D eigenvalue weighted by molar-refractivity contribution is 8.21. The Hall–Kier alpha value is -7.17. The molecule has 0 saturated carbocycles. The molecule has 0 aliphatic heterocycles. The zero-order valence-electron chi connectivity index (χ0n) is 32.2. The van der Waals surface area contributed by atoms with Crippen LogP contribution in [0.15, 0.2) is 200 Å². The van der Waals surface area contributed by atoms with Crippen LogP contribution in [-0.2, 0) is 11.8 Å². The molecule has 6 heteroatoms. The third-order valence-electron chi connectivity index (χ3n) is 12.5. The lowest BCUT2D eigenvalue weighted by Crippen LogP contribution is -2.21. The van der Waals surface area contributed by atoms with E-state index >= 15 is 0 Å². The van der Waals surface area contributed by atoms with Crippen LogP contribution in [0.3, 0.4) is 0 Å². The number of pyridine rings is 2. The number of hydrogen-bond acceptors (Lipinski definition) is 3. The standard InChI is InChI=1S/C54H33N4PS/c60-59(40-15-2-1-3-16-40,58-49-20-10-8-18-43(49)44-19-9-11-21-50(44)58)41-28-39-23-22-37(30-48(39)55-33-41)38-25-27-47-52(32-38)57-51-31-36-14-5-4-13-35(36)29-46(51)45-26-24-34-12-6-7-17-42(34)53(45)54(57)56-47/h1-33H. The van der Waals surface area contributed by atoms with Gasteiger partial charge in [0.05, 0.1) is 39.3 Å². The third-order valence-corrected chi connectivity index (χ3v) is 17.2. The number of fused-ring (bicyclic) bond motifs is 15. The molecule has 0 aliphatic rings. The monoisotopic (exact) mass is 800 g/mol. The van der Waals surface area contributed by atoms with Gasteiger partial charge in [0.25, 0.3) is 0 Å². The molecule has 13 aromatic rings. The molecular formula is C54H33N4PS. The molecule has 0 saturated heterocycles. The van der Waals surface area contributed by atoms with Crippen LogP contribution in [0.5, 0.6) is 0 Å². The molecule has 1 atom stereocenters. The second-order valence-corrected chi connectivity index (χ2v) is 19.9. The van der Waals surface area contributed by atoms with Gasteiger partial charge < -0.3 is 4.34 Å². The van der Waals surface area contributed by atoms with Crippen LogP contribution < -0.4 is 10.6 Å². The second-order valence-electron chi connectivity index (χ2n) is 15.8. The Kier molecular flexibility index (Phi) is 7.13. The molecular weight excluding hydrogens is 768 g/mol. The summed E-state index contributed by atoms with van der Waals surface area (Å²) >= 11 is 6.99. The smallest absolute Gasteiger partial charge is 0.147 e. The number of aromatic nitrogens is 4. The van der Waals surface area contributed by atoms with E-state index in [9.17, 15) is 0 Å². The Morgan fingerprint density at radius 3 is 1.82 bits per heavy atom. The van der Waals surface area contributed by atoms with Crippen LogP contribution in [0.25, 0.3) is 104 Å². The van der Waals surface area contributed by atoms with E-state index in [4.69, 9.17) is 21.8 Å². The highest BCUT2D eigenvalue weighted by Gasteiger charge is 2.29. The Labute approximate surface area is 349 Å². The van der Waals surface area contributed by atoms with Gasteiger partial charge in [-0.1, -0.05) is 157 Å². The van der Waals surface area contributed by atoms with Gasteiger partial charge >= 0.3 is 0 Å². The summed E-state index contributed by atoms with van der Waals surface area (Å²) in [5, 5.41) is 14.1. The fourth-order valence-corrected chi connectivity index (χ4v) is 13.7. The average Bonchev–Trinajstić information content (AvgIpc) is 3.87. The molecule has 4 heterocycles. The maximum atomic E-state index is 6.99. The van der Waals surface area contributed by atoms with Crippen molar-refractivity contribution in [3.63, 3.8) is 0 Å². The summed E-state index contributed by atoms with van der Waals surface area (Å²) in [6.07, 6.45) is -0.598. The van der Waals surface area contributed by atoms with Crippen molar-refractivity contribution >= 4 is 121 Å². The minimum absolute atomic E-state index is 0.931. The molecule has 280 valence electrons. The van der Waals surface area contributed by atoms with Gasteiger partial charge in [0.2, 0.25) is 0 Å². The maximum absolute atomic E-state index is 6.99. The lowest BCUT2D eigenvalue weighted by Gasteiger charge is -2.27. The molecule has 0 N–H and O–H groups in total. The van der Waals surface area contributed by atoms with Gasteiger partial charge in [-0.05, 0) is 86.6 Å². The molecule has 4 aromatic heterocycles. The van der Waals surface area contributed by atoms with Crippen LogP contribution in [-0.4, -0.2) is 18.7 Å². The van der Waals surface area contributed by atoms with E-state index in [-0.39, 0.29) is 0 Å². The summed E-state index contributed by atoms with van der Waals surface area (Å²) in [7, 11) is 0. The van der Waals surface area contributed by atoms with Crippen molar-refractivity contribution in [2.45, 2.75) is 0 Å². The Bertz CT molecular complexity index is 3940. The van der Waals surface area contributed by atoms with Crippen molar-refractivity contribution in [3.05, 3.63) is 200 Å². The van der Waals surface area contributed by atoms with E-state index in [1.807, 2.05) is 6.20 Å². The number of rotatable bonds is 4. The fraction of sp³-hybridized carbons (Fsp3) is 0. The van der Waals surface area contributed by atoms with Crippen molar-refractivity contribution in [1.82, 2.24) is 18.7 Å². The molecule has 0 aliphatic carbocycles. The van der Waals surface area contributed by atoms with Crippen LogP contribution in [0.4, 0.5) is 0 Å². The third kappa shape index (κ3) is 4.76. The molecule has 13 rings (SSSR count). The quantitative estimate of drug-likeness (QED) is 0.101. The zero-order valence-corrected chi connectivity index (χ0v) is 33.9. The maximum Gasteiger partial charge on any atom is 0.147 e. The first-order chi connectivity index (χ1) is 29.6. The van der Waals surface area contributed by atoms with Gasteiger partial charge in [-0.15, -0.1) is 0 Å². The molecule has 0 bridgehead atoms. The molecule has 60 heavy (non-hydrogen) atoms. The summed E-state index contributed by atoms with van der Waals surface area (Å²) in [6, 6.07) is 70.0. The summed E-state index contributed by atoms with van der Waals surface area (Å²) in [5.74, 6) is 0. The van der Waals surface area contributed by atoms with Crippen molar-refractivity contribution in [2.24, 2.45) is 0 Å². The molecule has 0 amide bonds. The summed E-state index contributed by atoms with van der Waals surface area (Å²) in [4.78, 5) is 10.6. The van der Waals surface area contributed by atoms with Crippen molar-refractivity contribution in [2.75, 3.05) is 0 Å². The van der Waals surface area contributed by atoms with E-state index < -0.39 is 6.19 Å². The normalized spacial score (nSPS) is 13.2. The fourth-order valence-electron chi connectivity index (χ4n) is 9.70. The van der Waals surface area contributed by atoms with Crippen LogP contribution in [0.1, 0.15) is 0 Å². The SMILES string of the molecule is S=P(c1ccccc1)(c1cnc2cc(-c3ccc4nc5c6c7ccccc7ccc6c6cc7ccccc7cc6n5c4c3)ccc2c1)n1c2ccccc2c2ccccc21. The summed E-state index contributed by atoms with van der Waals surface area (Å²) < 4.78 is 4.81. The number of benzene rings is 9. The second kappa shape index (κ2) is 12.7. The Balaban J connectivity index is 1.01. The van der Waals surface area contributed by atoms with E-state index in [1.54, 1.807) is 0 Å². The number of nitrogens with zero attached hydrogens (tertiary/aromatic N) is 4. The van der Waals surface area contributed by atoms with Crippen molar-refractivity contribution < 1.29 is 0 Å². The zero-order chi connectivity index (χ0) is 39.5. The van der Waals surface area contributed by atoms with Crippen molar-refractivity contribution in [1.29, 1.82) is 0 Å². The minimum atomic E-state index is -2.63. The molecule has 4 nitrogen and oxygen atoms in total. The Morgan fingerprint density at radius 1 is 0.400 bits per heavy atom. The van der Waals surface area contributed by atoms with E-state index in [1.165, 1.54) is 48.5 Å². The number of imidazole rings is 1. The van der Waals surface area contributed by atoms with E-state index in [0.717, 1.165) is 65.9 Å². The Morgan fingerprint density at radius 2 is 1.03 bits per heavy atom. The topological polar surface area (TPSA) is 35.1 Å². The average molecular weight is 801 g/mol. The number of para-hydroxylation sites is 2. The summed E-state index contributed by atoms with van der Waals surface area (Å²) in [5.41, 5.74) is 9.61. The van der Waals surface area contributed by atoms with Gasteiger partial charge in [-0.2, -0.15) is 0 Å². The van der Waals surface area contributed by atoms with E-state index in [0.29, 0.717) is 0 Å². The molecule has 0 spiro atoms. The van der Waals surface area contributed by atoms with Gasteiger partial charge in [-0.3, -0.25) is 9.38 Å². The first kappa shape index (κ1) is 33.8. The minimum Gasteiger partial charge on any atom is -0.304 e. The predicted molar refractivity (Wildman–Crippen MR) is 258 cm³/mol. The molecule has 9 aromatic carbocycles. The highest BCUT2D eigenvalue weighted by atomic mass is 32.4. The lowest BCUT2D eigenvalue weighted by atomic mass is 9.97. The first-order valence-corrected chi connectivity index (χ1v) is 23.0. The highest BCUT2D eigenvalue weighted by Crippen LogP contribution is 2.51.